The number of aryl methyl sites for hydroxylation is 3. The van der Waals surface area contributed by atoms with Gasteiger partial charge in [-0.1, -0.05) is 42.4 Å². The number of fused-ring (bicyclic) bond motifs is 2. The predicted molar refractivity (Wildman–Crippen MR) is 147 cm³/mol. The Morgan fingerprint density at radius 3 is 2.59 bits per heavy atom. The average Bonchev–Trinajstić information content (AvgIpc) is 3.46. The third kappa shape index (κ3) is 5.09. The zero-order valence-corrected chi connectivity index (χ0v) is 22.6. The summed E-state index contributed by atoms with van der Waals surface area (Å²) in [5.41, 5.74) is 5.16. The highest BCUT2D eigenvalue weighted by Crippen LogP contribution is 2.36. The maximum atomic E-state index is 13.2. The summed E-state index contributed by atoms with van der Waals surface area (Å²) >= 11 is 0. The van der Waals surface area contributed by atoms with Crippen molar-refractivity contribution >= 4 is 17.6 Å². The molecule has 0 radical (unpaired) electrons. The maximum Gasteiger partial charge on any atom is 0.439 e. The van der Waals surface area contributed by atoms with Gasteiger partial charge in [-0.15, -0.1) is 0 Å². The number of aromatic nitrogens is 4. The molecule has 0 amide bonds. The number of nitrogens with one attached hydrogen (secondary N) is 1. The number of carbonyl (C=O) groups excluding carboxylic acids is 1. The molecule has 0 bridgehead atoms. The standard InChI is InChI=1S/C30H32N4O5/c1-5-9-25-32-27(30(3,4)37)26(28(35)38-6-2)34(25)20-14-15-22-19(16-20)13-12-18-10-7-8-11-21(18)23(22)17-24-31-29(36)39-33-24/h7-8,10-11,14-17,37H,5-6,9,12-13H2,1-4H3,(H,31,33,36)/b23-17-. The second-order valence-corrected chi connectivity index (χ2v) is 10.1. The number of H-pyrrole nitrogens is 1. The molecular formula is C30H32N4O5. The lowest BCUT2D eigenvalue weighted by Gasteiger charge is -2.18. The molecule has 0 saturated heterocycles. The van der Waals surface area contributed by atoms with Crippen molar-refractivity contribution in [1.82, 2.24) is 19.7 Å². The van der Waals surface area contributed by atoms with Crippen LogP contribution in [-0.4, -0.2) is 37.4 Å². The van der Waals surface area contributed by atoms with Crippen LogP contribution in [-0.2, 0) is 29.6 Å². The fourth-order valence-corrected chi connectivity index (χ4v) is 5.15. The first kappa shape index (κ1) is 26.4. The third-order valence-electron chi connectivity index (χ3n) is 6.82. The van der Waals surface area contributed by atoms with Crippen molar-refractivity contribution in [3.63, 3.8) is 0 Å². The smallest absolute Gasteiger partial charge is 0.439 e. The summed E-state index contributed by atoms with van der Waals surface area (Å²) in [4.78, 5) is 32.2. The molecule has 1 aliphatic carbocycles. The summed E-state index contributed by atoms with van der Waals surface area (Å²) in [5, 5.41) is 14.8. The van der Waals surface area contributed by atoms with Crippen LogP contribution < -0.4 is 5.76 Å². The number of benzene rings is 2. The first-order valence-corrected chi connectivity index (χ1v) is 13.2. The normalized spacial score (nSPS) is 14.1. The van der Waals surface area contributed by atoms with Crippen LogP contribution in [0.15, 0.2) is 51.8 Å². The van der Waals surface area contributed by atoms with Crippen molar-refractivity contribution < 1.29 is 19.2 Å². The van der Waals surface area contributed by atoms with E-state index in [2.05, 4.69) is 28.3 Å². The maximum absolute atomic E-state index is 13.2. The molecule has 2 aromatic heterocycles. The lowest BCUT2D eigenvalue weighted by molar-refractivity contribution is 0.0472. The van der Waals surface area contributed by atoms with Gasteiger partial charge in [0.15, 0.2) is 11.5 Å². The Morgan fingerprint density at radius 1 is 1.15 bits per heavy atom. The highest BCUT2D eigenvalue weighted by molar-refractivity contribution is 5.94. The van der Waals surface area contributed by atoms with E-state index in [1.54, 1.807) is 20.8 Å². The summed E-state index contributed by atoms with van der Waals surface area (Å²) in [6, 6.07) is 14.2. The molecule has 2 heterocycles. The number of esters is 1. The van der Waals surface area contributed by atoms with E-state index in [1.807, 2.05) is 41.8 Å². The number of aliphatic hydroxyl groups is 1. The molecule has 0 atom stereocenters. The Morgan fingerprint density at radius 2 is 1.90 bits per heavy atom. The van der Waals surface area contributed by atoms with E-state index in [1.165, 1.54) is 5.56 Å². The number of ether oxygens (including phenoxy) is 1. The Balaban J connectivity index is 1.72. The molecule has 0 fully saturated rings. The summed E-state index contributed by atoms with van der Waals surface area (Å²) in [7, 11) is 0. The van der Waals surface area contributed by atoms with Gasteiger partial charge in [0.25, 0.3) is 0 Å². The van der Waals surface area contributed by atoms with Crippen LogP contribution >= 0.6 is 0 Å². The van der Waals surface area contributed by atoms with Gasteiger partial charge >= 0.3 is 11.7 Å². The summed E-state index contributed by atoms with van der Waals surface area (Å²) < 4.78 is 12.0. The Labute approximate surface area is 226 Å². The lowest BCUT2D eigenvalue weighted by Crippen LogP contribution is -2.23. The number of rotatable bonds is 7. The zero-order chi connectivity index (χ0) is 27.7. The molecule has 0 spiro atoms. The van der Waals surface area contributed by atoms with E-state index < -0.39 is 17.3 Å². The topological polar surface area (TPSA) is 123 Å². The molecular weight excluding hydrogens is 496 g/mol. The van der Waals surface area contributed by atoms with Gasteiger partial charge < -0.3 is 9.84 Å². The molecule has 1 aliphatic rings. The summed E-state index contributed by atoms with van der Waals surface area (Å²) in [6.07, 6.45) is 4.83. The number of imidazole rings is 1. The van der Waals surface area contributed by atoms with Crippen molar-refractivity contribution in [3.05, 3.63) is 98.3 Å². The molecule has 4 aromatic rings. The number of carbonyl (C=O) groups is 1. The van der Waals surface area contributed by atoms with Crippen LogP contribution in [0.3, 0.4) is 0 Å². The van der Waals surface area contributed by atoms with E-state index in [-0.39, 0.29) is 12.3 Å². The molecule has 2 aromatic carbocycles. The van der Waals surface area contributed by atoms with Crippen molar-refractivity contribution in [2.75, 3.05) is 6.61 Å². The number of aromatic amines is 1. The molecule has 0 saturated carbocycles. The molecule has 9 heteroatoms. The fraction of sp³-hybridized carbons (Fsp3) is 0.333. The predicted octanol–water partition coefficient (Wildman–Crippen LogP) is 4.59. The second-order valence-electron chi connectivity index (χ2n) is 10.1. The molecule has 0 aliphatic heterocycles. The van der Waals surface area contributed by atoms with Crippen LogP contribution in [0.4, 0.5) is 0 Å². The Kier molecular flexibility index (Phi) is 7.10. The second kappa shape index (κ2) is 10.5. The van der Waals surface area contributed by atoms with Crippen molar-refractivity contribution in [2.45, 2.75) is 59.0 Å². The van der Waals surface area contributed by atoms with Crippen LogP contribution in [0.25, 0.3) is 17.3 Å². The number of hydrogen-bond donors (Lipinski definition) is 2. The third-order valence-corrected chi connectivity index (χ3v) is 6.82. The highest BCUT2D eigenvalue weighted by atomic mass is 16.5. The van der Waals surface area contributed by atoms with Crippen molar-refractivity contribution in [1.29, 1.82) is 0 Å². The molecule has 5 rings (SSSR count). The average molecular weight is 529 g/mol. The van der Waals surface area contributed by atoms with Crippen LogP contribution in [0.1, 0.15) is 84.2 Å². The van der Waals surface area contributed by atoms with Gasteiger partial charge in [0, 0.05) is 12.1 Å². The van der Waals surface area contributed by atoms with E-state index in [9.17, 15) is 14.7 Å². The minimum atomic E-state index is -1.34. The monoisotopic (exact) mass is 528 g/mol. The minimum Gasteiger partial charge on any atom is -0.461 e. The van der Waals surface area contributed by atoms with Gasteiger partial charge in [0.1, 0.15) is 17.1 Å². The summed E-state index contributed by atoms with van der Waals surface area (Å²) in [6.45, 7) is 7.26. The highest BCUT2D eigenvalue weighted by Gasteiger charge is 2.33. The fourth-order valence-electron chi connectivity index (χ4n) is 5.15. The molecule has 2 N–H and O–H groups in total. The van der Waals surface area contributed by atoms with Gasteiger partial charge in [-0.25, -0.2) is 14.6 Å². The van der Waals surface area contributed by atoms with Crippen molar-refractivity contribution in [2.24, 2.45) is 0 Å². The summed E-state index contributed by atoms with van der Waals surface area (Å²) in [5.74, 6) is -0.120. The first-order valence-electron chi connectivity index (χ1n) is 13.2. The van der Waals surface area contributed by atoms with Crippen LogP contribution in [0.5, 0.6) is 0 Å². The zero-order valence-electron chi connectivity index (χ0n) is 22.6. The van der Waals surface area contributed by atoms with Gasteiger partial charge in [-0.2, -0.15) is 0 Å². The SMILES string of the molecule is CCCc1nc(C(C)(C)O)c(C(=O)OCC)n1-c1ccc2c(c1)CCc1ccccc1/C2=C/c1noc(=O)[nH]1. The van der Waals surface area contributed by atoms with Gasteiger partial charge in [0.05, 0.1) is 6.61 Å². The van der Waals surface area contributed by atoms with Gasteiger partial charge in [-0.05, 0) is 86.1 Å². The van der Waals surface area contributed by atoms with Crippen LogP contribution in [0, 0.1) is 0 Å². The minimum absolute atomic E-state index is 0.208. The lowest BCUT2D eigenvalue weighted by atomic mass is 9.93. The quantitative estimate of drug-likeness (QED) is 0.336. The largest absolute Gasteiger partial charge is 0.461 e. The van der Waals surface area contributed by atoms with Crippen molar-refractivity contribution in [3.8, 4) is 5.69 Å². The number of nitrogens with zero attached hydrogens (tertiary/aromatic N) is 3. The molecule has 202 valence electrons. The van der Waals surface area contributed by atoms with E-state index >= 15 is 0 Å². The van der Waals surface area contributed by atoms with E-state index in [4.69, 9.17) is 14.2 Å². The Hall–Kier alpha value is -4.24. The number of hydrogen-bond acceptors (Lipinski definition) is 7. The molecule has 39 heavy (non-hydrogen) atoms. The first-order chi connectivity index (χ1) is 18.7. The molecule has 0 unspecified atom stereocenters. The van der Waals surface area contributed by atoms with E-state index in [0.717, 1.165) is 47.2 Å². The van der Waals surface area contributed by atoms with E-state index in [0.29, 0.717) is 23.8 Å². The Bertz CT molecular complexity index is 1620. The van der Waals surface area contributed by atoms with Gasteiger partial charge in [0.2, 0.25) is 0 Å². The van der Waals surface area contributed by atoms with Gasteiger partial charge in [-0.3, -0.25) is 14.1 Å². The van der Waals surface area contributed by atoms with Crippen LogP contribution in [0.2, 0.25) is 0 Å². The molecule has 9 nitrogen and oxygen atoms in total.